The number of nitrogens with zero attached hydrogens (tertiary/aromatic N) is 1. The molecule has 5 heteroatoms. The molecule has 1 aliphatic rings. The van der Waals surface area contributed by atoms with Gasteiger partial charge in [-0.25, -0.2) is 13.8 Å². The van der Waals surface area contributed by atoms with Gasteiger partial charge in [0.15, 0.2) is 11.6 Å². The summed E-state index contributed by atoms with van der Waals surface area (Å²) in [6.45, 7) is 0. The smallest absolute Gasteiger partial charge is 0.196 e. The first-order valence-corrected chi connectivity index (χ1v) is 10.0. The highest BCUT2D eigenvalue weighted by Crippen LogP contribution is 2.34. The van der Waals surface area contributed by atoms with E-state index in [1.165, 1.54) is 0 Å². The lowest BCUT2D eigenvalue weighted by molar-refractivity contribution is -0.119. The summed E-state index contributed by atoms with van der Waals surface area (Å²) < 4.78 is 29.9. The van der Waals surface area contributed by atoms with E-state index in [0.717, 1.165) is 17.5 Å². The molecular formula is C27H15F2NO2. The van der Waals surface area contributed by atoms with Crippen LogP contribution < -0.4 is 0 Å². The zero-order chi connectivity index (χ0) is 22.2. The quantitative estimate of drug-likeness (QED) is 0.320. The number of benzene rings is 3. The van der Waals surface area contributed by atoms with Gasteiger partial charge in [0.05, 0.1) is 5.52 Å². The number of ketones is 2. The highest BCUT2D eigenvalue weighted by Gasteiger charge is 2.40. The van der Waals surface area contributed by atoms with E-state index < -0.39 is 34.7 Å². The molecule has 32 heavy (non-hydrogen) atoms. The third kappa shape index (κ3) is 3.46. The number of Topliss-reactive ketones (excluding diaryl/α,β-unsaturated/α-hetero) is 2. The van der Waals surface area contributed by atoms with E-state index in [2.05, 4.69) is 16.8 Å². The molecule has 1 aromatic heterocycles. The topological polar surface area (TPSA) is 47.0 Å². The Morgan fingerprint density at radius 2 is 1.47 bits per heavy atom. The predicted octanol–water partition coefficient (Wildman–Crippen LogP) is 5.00. The van der Waals surface area contributed by atoms with E-state index >= 15 is 0 Å². The van der Waals surface area contributed by atoms with Crippen LogP contribution in [-0.4, -0.2) is 16.6 Å². The van der Waals surface area contributed by atoms with Gasteiger partial charge in [0, 0.05) is 28.5 Å². The lowest BCUT2D eigenvalue weighted by Crippen LogP contribution is -2.32. The number of pyridine rings is 1. The number of fused-ring (bicyclic) bond motifs is 2. The van der Waals surface area contributed by atoms with Gasteiger partial charge in [0.2, 0.25) is 0 Å². The van der Waals surface area contributed by atoms with Crippen molar-refractivity contribution in [2.45, 2.75) is 12.3 Å². The van der Waals surface area contributed by atoms with Crippen molar-refractivity contribution in [3.63, 3.8) is 0 Å². The maximum Gasteiger partial charge on any atom is 0.196 e. The van der Waals surface area contributed by atoms with Crippen molar-refractivity contribution < 1.29 is 18.4 Å². The molecule has 0 spiro atoms. The van der Waals surface area contributed by atoms with Crippen molar-refractivity contribution in [3.8, 4) is 11.8 Å². The van der Waals surface area contributed by atoms with Crippen LogP contribution in [0.4, 0.5) is 8.78 Å². The van der Waals surface area contributed by atoms with Crippen molar-refractivity contribution in [2.75, 3.05) is 0 Å². The van der Waals surface area contributed by atoms with Crippen LogP contribution in [0, 0.1) is 23.5 Å². The largest absolute Gasteiger partial charge is 0.298 e. The fourth-order valence-electron chi connectivity index (χ4n) is 3.97. The number of halogens is 2. The zero-order valence-electron chi connectivity index (χ0n) is 16.7. The van der Waals surface area contributed by atoms with E-state index in [4.69, 9.17) is 0 Å². The predicted molar refractivity (Wildman–Crippen MR) is 116 cm³/mol. The molecule has 0 saturated carbocycles. The van der Waals surface area contributed by atoms with Crippen LogP contribution in [0.5, 0.6) is 0 Å². The molecule has 1 aliphatic carbocycles. The second-order valence-corrected chi connectivity index (χ2v) is 7.60. The van der Waals surface area contributed by atoms with E-state index in [1.807, 2.05) is 30.3 Å². The standard InChI is InChI=1S/C27H15F2NO2/c28-20-12-17(11-10-16-6-2-1-3-7-16)13-21(29)24(20)25-23(31)15-19-14-18-8-4-5-9-22(18)30-26(19)27(25)32/h1-9,12-14,25H,15H2. The molecule has 1 atom stereocenters. The van der Waals surface area contributed by atoms with Crippen molar-refractivity contribution in [1.82, 2.24) is 4.98 Å². The Hall–Kier alpha value is -4.17. The van der Waals surface area contributed by atoms with Crippen LogP contribution >= 0.6 is 0 Å². The molecule has 0 fully saturated rings. The molecule has 0 amide bonds. The lowest BCUT2D eigenvalue weighted by Gasteiger charge is -2.23. The summed E-state index contributed by atoms with van der Waals surface area (Å²) in [6.07, 6.45) is -0.113. The SMILES string of the molecule is O=C1Cc2cc3ccccc3nc2C(=O)C1c1c(F)cc(C#Cc2ccccc2)cc1F. The molecule has 3 nitrogen and oxygen atoms in total. The fraction of sp³-hybridized carbons (Fsp3) is 0.0741. The summed E-state index contributed by atoms with van der Waals surface area (Å²) in [7, 11) is 0. The Morgan fingerprint density at radius 1 is 0.812 bits per heavy atom. The number of carbonyl (C=O) groups is 2. The van der Waals surface area contributed by atoms with Gasteiger partial charge < -0.3 is 0 Å². The molecule has 3 aromatic carbocycles. The first-order chi connectivity index (χ1) is 15.5. The Balaban J connectivity index is 1.55. The van der Waals surface area contributed by atoms with E-state index in [9.17, 15) is 18.4 Å². The number of hydrogen-bond donors (Lipinski definition) is 0. The molecule has 1 unspecified atom stereocenters. The molecule has 0 radical (unpaired) electrons. The maximum atomic E-state index is 15.0. The van der Waals surface area contributed by atoms with Crippen LogP contribution in [0.2, 0.25) is 0 Å². The van der Waals surface area contributed by atoms with Crippen molar-refractivity contribution in [1.29, 1.82) is 0 Å². The Morgan fingerprint density at radius 3 is 2.22 bits per heavy atom. The molecule has 4 aromatic rings. The third-order valence-corrected chi connectivity index (χ3v) is 5.48. The van der Waals surface area contributed by atoms with Crippen molar-refractivity contribution in [3.05, 3.63) is 112 Å². The second-order valence-electron chi connectivity index (χ2n) is 7.60. The minimum absolute atomic E-state index is 0.0834. The maximum absolute atomic E-state index is 15.0. The summed E-state index contributed by atoms with van der Waals surface area (Å²) in [4.78, 5) is 30.3. The number of aromatic nitrogens is 1. The van der Waals surface area contributed by atoms with Gasteiger partial charge in [-0.2, -0.15) is 0 Å². The van der Waals surface area contributed by atoms with Crippen LogP contribution in [-0.2, 0) is 11.2 Å². The van der Waals surface area contributed by atoms with E-state index in [0.29, 0.717) is 16.6 Å². The van der Waals surface area contributed by atoms with E-state index in [-0.39, 0.29) is 17.7 Å². The van der Waals surface area contributed by atoms with Gasteiger partial charge in [-0.15, -0.1) is 0 Å². The Kier molecular flexibility index (Phi) is 4.84. The average molecular weight is 423 g/mol. The molecule has 0 bridgehead atoms. The van der Waals surface area contributed by atoms with Gasteiger partial charge in [-0.3, -0.25) is 9.59 Å². The highest BCUT2D eigenvalue weighted by molar-refractivity contribution is 6.19. The molecule has 0 N–H and O–H groups in total. The zero-order valence-corrected chi connectivity index (χ0v) is 16.7. The van der Waals surface area contributed by atoms with Crippen LogP contribution in [0.25, 0.3) is 10.9 Å². The molecule has 154 valence electrons. The van der Waals surface area contributed by atoms with Crippen LogP contribution in [0.3, 0.4) is 0 Å². The number of hydrogen-bond acceptors (Lipinski definition) is 3. The first kappa shape index (κ1) is 19.8. The summed E-state index contributed by atoms with van der Waals surface area (Å²) >= 11 is 0. The Labute approximate surface area is 182 Å². The van der Waals surface area contributed by atoms with Gasteiger partial charge in [0.25, 0.3) is 0 Å². The minimum atomic E-state index is -1.56. The lowest BCUT2D eigenvalue weighted by atomic mass is 9.79. The fourth-order valence-corrected chi connectivity index (χ4v) is 3.97. The monoisotopic (exact) mass is 423 g/mol. The van der Waals surface area contributed by atoms with Crippen molar-refractivity contribution >= 4 is 22.5 Å². The molecule has 1 heterocycles. The minimum Gasteiger partial charge on any atom is -0.298 e. The third-order valence-electron chi connectivity index (χ3n) is 5.48. The van der Waals surface area contributed by atoms with Crippen LogP contribution in [0.1, 0.15) is 38.7 Å². The number of rotatable bonds is 1. The van der Waals surface area contributed by atoms with Gasteiger partial charge in [-0.1, -0.05) is 48.2 Å². The van der Waals surface area contributed by atoms with Gasteiger partial charge >= 0.3 is 0 Å². The first-order valence-electron chi connectivity index (χ1n) is 10.0. The number of para-hydroxylation sites is 1. The molecule has 0 aliphatic heterocycles. The summed E-state index contributed by atoms with van der Waals surface area (Å²) in [6, 6.07) is 20.1. The normalized spacial score (nSPS) is 15.2. The summed E-state index contributed by atoms with van der Waals surface area (Å²) in [5, 5.41) is 0.795. The summed E-state index contributed by atoms with van der Waals surface area (Å²) in [5.74, 6) is 0.796. The van der Waals surface area contributed by atoms with Gasteiger partial charge in [0.1, 0.15) is 23.2 Å². The van der Waals surface area contributed by atoms with E-state index in [1.54, 1.807) is 30.3 Å². The van der Waals surface area contributed by atoms with Gasteiger partial charge in [-0.05, 0) is 42.0 Å². The molecule has 5 rings (SSSR count). The second kappa shape index (κ2) is 7.82. The molecular weight excluding hydrogens is 408 g/mol. The van der Waals surface area contributed by atoms with Crippen LogP contribution in [0.15, 0.2) is 72.8 Å². The number of carbonyl (C=O) groups excluding carboxylic acids is 2. The summed E-state index contributed by atoms with van der Waals surface area (Å²) in [5.41, 5.74) is 1.41. The van der Waals surface area contributed by atoms with Crippen molar-refractivity contribution in [2.24, 2.45) is 0 Å². The molecule has 0 saturated heterocycles. The Bertz CT molecular complexity index is 1440. The average Bonchev–Trinajstić information content (AvgIpc) is 2.79. The highest BCUT2D eigenvalue weighted by atomic mass is 19.1.